The minimum atomic E-state index is -0.957. The molecule has 0 spiro atoms. The lowest BCUT2D eigenvalue weighted by atomic mass is 10.1. The Balaban J connectivity index is 2.66. The highest BCUT2D eigenvalue weighted by Gasteiger charge is 2.65. The molecular formula is C8H14O4. The van der Waals surface area contributed by atoms with E-state index in [1.807, 2.05) is 13.8 Å². The molecule has 1 unspecified atom stereocenters. The summed E-state index contributed by atoms with van der Waals surface area (Å²) in [4.78, 5) is 10.6. The van der Waals surface area contributed by atoms with Crippen LogP contribution in [0.4, 0.5) is 0 Å². The number of carbonyl (C=O) groups is 1. The molecule has 1 rings (SSSR count). The minimum absolute atomic E-state index is 0.278. The summed E-state index contributed by atoms with van der Waals surface area (Å²) in [5, 5.41) is 18.0. The number of carboxylic acid groups (broad SMARTS) is 1. The Morgan fingerprint density at radius 1 is 1.58 bits per heavy atom. The van der Waals surface area contributed by atoms with Crippen molar-refractivity contribution in [2.24, 2.45) is 17.3 Å². The number of aliphatic hydroxyl groups is 1. The van der Waals surface area contributed by atoms with E-state index in [2.05, 4.69) is 4.74 Å². The van der Waals surface area contributed by atoms with Gasteiger partial charge < -0.3 is 14.9 Å². The van der Waals surface area contributed by atoms with Gasteiger partial charge in [0.2, 0.25) is 0 Å². The third kappa shape index (κ3) is 1.21. The van der Waals surface area contributed by atoms with Gasteiger partial charge in [-0.05, 0) is 5.41 Å². The quantitative estimate of drug-likeness (QED) is 0.604. The van der Waals surface area contributed by atoms with Gasteiger partial charge in [0.25, 0.3) is 0 Å². The van der Waals surface area contributed by atoms with Crippen LogP contribution in [0.3, 0.4) is 0 Å². The van der Waals surface area contributed by atoms with Crippen molar-refractivity contribution in [1.82, 2.24) is 0 Å². The molecule has 1 aliphatic carbocycles. The molecule has 4 nitrogen and oxygen atoms in total. The van der Waals surface area contributed by atoms with Crippen LogP contribution in [-0.4, -0.2) is 29.6 Å². The number of hydrogen-bond acceptors (Lipinski definition) is 3. The first-order valence-electron chi connectivity index (χ1n) is 3.86. The fraction of sp³-hybridized carbons (Fsp3) is 0.875. The van der Waals surface area contributed by atoms with Crippen molar-refractivity contribution in [3.8, 4) is 0 Å². The summed E-state index contributed by atoms with van der Waals surface area (Å²) in [5.74, 6) is -1.62. The maximum Gasteiger partial charge on any atom is 0.307 e. The van der Waals surface area contributed by atoms with Crippen LogP contribution in [0.5, 0.6) is 0 Å². The summed E-state index contributed by atoms with van der Waals surface area (Å²) in [5.41, 5.74) is -0.346. The van der Waals surface area contributed by atoms with E-state index in [1.165, 1.54) is 7.11 Å². The molecule has 0 bridgehead atoms. The van der Waals surface area contributed by atoms with E-state index in [4.69, 9.17) is 5.11 Å². The zero-order valence-electron chi connectivity index (χ0n) is 7.44. The van der Waals surface area contributed by atoms with E-state index in [-0.39, 0.29) is 11.3 Å². The summed E-state index contributed by atoms with van der Waals surface area (Å²) in [7, 11) is 1.37. The molecule has 1 aliphatic rings. The Morgan fingerprint density at radius 2 is 2.08 bits per heavy atom. The molecular weight excluding hydrogens is 160 g/mol. The maximum absolute atomic E-state index is 10.6. The van der Waals surface area contributed by atoms with Gasteiger partial charge >= 0.3 is 5.97 Å². The number of aliphatic hydroxyl groups excluding tert-OH is 1. The summed E-state index contributed by atoms with van der Waals surface area (Å²) in [6.45, 7) is 3.64. The van der Waals surface area contributed by atoms with Crippen LogP contribution >= 0.6 is 0 Å². The number of aliphatic carboxylic acids is 1. The first-order valence-corrected chi connectivity index (χ1v) is 3.86. The standard InChI is InChI=1S/C8H14O4/c1-8(2)4(6(9)10)5(8)7(11)12-3/h4-5,7,11H,1-3H3,(H,9,10)/t4-,5+,7?/m1/s1. The van der Waals surface area contributed by atoms with Gasteiger partial charge in [-0.25, -0.2) is 0 Å². The highest BCUT2D eigenvalue weighted by Crippen LogP contribution is 2.59. The van der Waals surface area contributed by atoms with Crippen LogP contribution in [-0.2, 0) is 9.53 Å². The van der Waals surface area contributed by atoms with Crippen LogP contribution in [0.25, 0.3) is 0 Å². The van der Waals surface area contributed by atoms with Crippen LogP contribution < -0.4 is 0 Å². The third-order valence-corrected chi connectivity index (χ3v) is 2.73. The lowest BCUT2D eigenvalue weighted by molar-refractivity contribution is -0.142. The van der Waals surface area contributed by atoms with Gasteiger partial charge in [0.1, 0.15) is 0 Å². The Bertz CT molecular complexity index is 199. The predicted molar refractivity (Wildman–Crippen MR) is 41.4 cm³/mol. The van der Waals surface area contributed by atoms with Gasteiger partial charge in [-0.15, -0.1) is 0 Å². The number of carboxylic acids is 1. The van der Waals surface area contributed by atoms with Crippen molar-refractivity contribution in [3.63, 3.8) is 0 Å². The minimum Gasteiger partial charge on any atom is -0.481 e. The molecule has 2 N–H and O–H groups in total. The van der Waals surface area contributed by atoms with Crippen LogP contribution in [0.15, 0.2) is 0 Å². The molecule has 0 heterocycles. The van der Waals surface area contributed by atoms with Gasteiger partial charge in [-0.1, -0.05) is 13.8 Å². The van der Waals surface area contributed by atoms with E-state index in [9.17, 15) is 9.90 Å². The molecule has 4 heteroatoms. The van der Waals surface area contributed by atoms with E-state index >= 15 is 0 Å². The SMILES string of the molecule is COC(O)[C@@H]1[C@H](C(=O)O)C1(C)C. The molecule has 0 aromatic heterocycles. The zero-order valence-corrected chi connectivity index (χ0v) is 7.44. The first-order chi connectivity index (χ1) is 5.42. The number of methoxy groups -OCH3 is 1. The monoisotopic (exact) mass is 174 g/mol. The Hall–Kier alpha value is -0.610. The molecule has 70 valence electrons. The van der Waals surface area contributed by atoms with Gasteiger partial charge in [-0.2, -0.15) is 0 Å². The van der Waals surface area contributed by atoms with Crippen LogP contribution in [0, 0.1) is 17.3 Å². The van der Waals surface area contributed by atoms with Crippen molar-refractivity contribution in [3.05, 3.63) is 0 Å². The molecule has 1 saturated carbocycles. The lowest BCUT2D eigenvalue weighted by Crippen LogP contribution is -2.16. The Labute approximate surface area is 71.2 Å². The fourth-order valence-electron chi connectivity index (χ4n) is 1.83. The van der Waals surface area contributed by atoms with E-state index in [0.717, 1.165) is 0 Å². The Kier molecular flexibility index (Phi) is 2.14. The second-order valence-corrected chi connectivity index (χ2v) is 3.79. The zero-order chi connectivity index (χ0) is 9.52. The fourth-order valence-corrected chi connectivity index (χ4v) is 1.83. The van der Waals surface area contributed by atoms with Crippen LogP contribution in [0.1, 0.15) is 13.8 Å². The summed E-state index contributed by atoms with van der Waals surface area (Å²) in [6.07, 6.45) is -0.957. The molecule has 0 aromatic carbocycles. The molecule has 0 aromatic rings. The third-order valence-electron chi connectivity index (χ3n) is 2.73. The highest BCUT2D eigenvalue weighted by molar-refractivity contribution is 5.75. The number of hydrogen-bond donors (Lipinski definition) is 2. The van der Waals surface area contributed by atoms with Crippen molar-refractivity contribution in [1.29, 1.82) is 0 Å². The Morgan fingerprint density at radius 3 is 2.33 bits per heavy atom. The smallest absolute Gasteiger partial charge is 0.307 e. The molecule has 0 saturated heterocycles. The van der Waals surface area contributed by atoms with Crippen molar-refractivity contribution >= 4 is 5.97 Å². The average Bonchev–Trinajstić information content (AvgIpc) is 2.52. The molecule has 12 heavy (non-hydrogen) atoms. The van der Waals surface area contributed by atoms with Crippen molar-refractivity contribution in [2.75, 3.05) is 7.11 Å². The van der Waals surface area contributed by atoms with E-state index in [0.29, 0.717) is 0 Å². The lowest BCUT2D eigenvalue weighted by Gasteiger charge is -2.08. The predicted octanol–water partition coefficient (Wildman–Crippen LogP) is 0.308. The summed E-state index contributed by atoms with van der Waals surface area (Å²) >= 11 is 0. The normalized spacial score (nSPS) is 34.3. The van der Waals surface area contributed by atoms with Gasteiger partial charge in [0.05, 0.1) is 5.92 Å². The molecule has 0 radical (unpaired) electrons. The van der Waals surface area contributed by atoms with Gasteiger partial charge in [0, 0.05) is 13.0 Å². The molecule has 0 amide bonds. The number of ether oxygens (including phenoxy) is 1. The largest absolute Gasteiger partial charge is 0.481 e. The summed E-state index contributed by atoms with van der Waals surface area (Å²) in [6, 6.07) is 0. The molecule has 0 aliphatic heterocycles. The summed E-state index contributed by atoms with van der Waals surface area (Å²) < 4.78 is 4.68. The van der Waals surface area contributed by atoms with Crippen LogP contribution in [0.2, 0.25) is 0 Å². The molecule has 3 atom stereocenters. The van der Waals surface area contributed by atoms with Crippen molar-refractivity contribution < 1.29 is 19.7 Å². The highest BCUT2D eigenvalue weighted by atomic mass is 16.6. The maximum atomic E-state index is 10.6. The van der Waals surface area contributed by atoms with Gasteiger partial charge in [0.15, 0.2) is 6.29 Å². The topological polar surface area (TPSA) is 66.8 Å². The van der Waals surface area contributed by atoms with Crippen molar-refractivity contribution in [2.45, 2.75) is 20.1 Å². The first kappa shape index (κ1) is 9.48. The van der Waals surface area contributed by atoms with E-state index < -0.39 is 18.2 Å². The van der Waals surface area contributed by atoms with Gasteiger partial charge in [-0.3, -0.25) is 4.79 Å². The number of rotatable bonds is 3. The second kappa shape index (κ2) is 2.71. The second-order valence-electron chi connectivity index (χ2n) is 3.79. The molecule has 1 fully saturated rings. The van der Waals surface area contributed by atoms with E-state index in [1.54, 1.807) is 0 Å². The average molecular weight is 174 g/mol.